The van der Waals surface area contributed by atoms with E-state index in [1.54, 1.807) is 36.4 Å². The number of nitrogens with two attached hydrogens (primary N) is 1. The molecule has 0 saturated carbocycles. The van der Waals surface area contributed by atoms with Crippen molar-refractivity contribution in [2.45, 2.75) is 38.8 Å². The van der Waals surface area contributed by atoms with Crippen LogP contribution in [0.5, 0.6) is 0 Å². The van der Waals surface area contributed by atoms with Gasteiger partial charge in [-0.15, -0.1) is 0 Å². The maximum Gasteiger partial charge on any atom is 0.252 e. The van der Waals surface area contributed by atoms with E-state index in [4.69, 9.17) is 5.73 Å². The van der Waals surface area contributed by atoms with Gasteiger partial charge in [-0.05, 0) is 69.7 Å². The van der Waals surface area contributed by atoms with Gasteiger partial charge in [0.25, 0.3) is 11.8 Å². The molecule has 5 N–H and O–H groups in total. The Balaban J connectivity index is 1.77. The molecule has 1 saturated heterocycles. The van der Waals surface area contributed by atoms with Gasteiger partial charge in [0.05, 0.1) is 5.56 Å². The van der Waals surface area contributed by atoms with Crippen LogP contribution in [0.25, 0.3) is 0 Å². The van der Waals surface area contributed by atoms with Crippen LogP contribution in [0.15, 0.2) is 49.1 Å². The lowest BCUT2D eigenvalue weighted by Crippen LogP contribution is -2.40. The Bertz CT molecular complexity index is 1060. The van der Waals surface area contributed by atoms with Crippen molar-refractivity contribution < 1.29 is 14.4 Å². The molecular weight excluding hydrogens is 420 g/mol. The fraction of sp³-hybridized carbons (Fsp3) is 0.333. The molecule has 1 fully saturated rings. The standard InChI is InChI=1S/C24H30N6O3/c1-5-20(31)26-17-12-13-30(14-17)19-11-10-18(21(25)32)22(28-19)27-16-8-6-15(7-9-16)23(33)29-24(2,3)4/h5-11,17H,1,12-14H2,2-4H3,(H2,25,32)(H,26,31)(H,27,28)(H,29,33). The third-order valence-corrected chi connectivity index (χ3v) is 5.09. The van der Waals surface area contributed by atoms with E-state index >= 15 is 0 Å². The first kappa shape index (κ1) is 23.8. The van der Waals surface area contributed by atoms with Crippen LogP contribution < -0.4 is 26.6 Å². The molecule has 3 amide bonds. The van der Waals surface area contributed by atoms with Crippen molar-refractivity contribution in [2.24, 2.45) is 5.73 Å². The summed E-state index contributed by atoms with van der Waals surface area (Å²) in [6.07, 6.45) is 2.03. The summed E-state index contributed by atoms with van der Waals surface area (Å²) in [5.41, 5.74) is 6.65. The average Bonchev–Trinajstić information content (AvgIpc) is 3.21. The maximum absolute atomic E-state index is 12.3. The molecule has 0 spiro atoms. The van der Waals surface area contributed by atoms with Gasteiger partial charge in [0, 0.05) is 35.9 Å². The van der Waals surface area contributed by atoms with Crippen LogP contribution in [0.2, 0.25) is 0 Å². The fourth-order valence-electron chi connectivity index (χ4n) is 3.52. The molecule has 9 heteroatoms. The van der Waals surface area contributed by atoms with Crippen molar-refractivity contribution in [3.05, 3.63) is 60.2 Å². The minimum atomic E-state index is -0.602. The van der Waals surface area contributed by atoms with Crippen LogP contribution >= 0.6 is 0 Å². The van der Waals surface area contributed by atoms with Gasteiger partial charge in [0.1, 0.15) is 11.6 Å². The first-order valence-electron chi connectivity index (χ1n) is 10.7. The van der Waals surface area contributed by atoms with Crippen LogP contribution in [-0.2, 0) is 4.79 Å². The molecule has 2 aromatic rings. The number of carbonyl (C=O) groups is 3. The summed E-state index contributed by atoms with van der Waals surface area (Å²) in [6.45, 7) is 10.5. The number of pyridine rings is 1. The number of aromatic nitrogens is 1. The average molecular weight is 451 g/mol. The minimum absolute atomic E-state index is 0.00341. The van der Waals surface area contributed by atoms with Gasteiger partial charge >= 0.3 is 0 Å². The molecule has 1 unspecified atom stereocenters. The number of carbonyl (C=O) groups excluding carboxylic acids is 3. The van der Waals surface area contributed by atoms with Crippen molar-refractivity contribution >= 4 is 35.0 Å². The highest BCUT2D eigenvalue weighted by molar-refractivity contribution is 5.99. The lowest BCUT2D eigenvalue weighted by Gasteiger charge is -2.21. The molecule has 174 valence electrons. The molecule has 3 rings (SSSR count). The third kappa shape index (κ3) is 6.31. The molecular formula is C24H30N6O3. The maximum atomic E-state index is 12.3. The second-order valence-corrected chi connectivity index (χ2v) is 8.98. The molecule has 0 aliphatic carbocycles. The van der Waals surface area contributed by atoms with E-state index in [-0.39, 0.29) is 29.0 Å². The number of hydrogen-bond donors (Lipinski definition) is 4. The van der Waals surface area contributed by atoms with Crippen LogP contribution in [-0.4, -0.2) is 47.4 Å². The zero-order valence-electron chi connectivity index (χ0n) is 19.1. The first-order chi connectivity index (χ1) is 15.6. The third-order valence-electron chi connectivity index (χ3n) is 5.09. The van der Waals surface area contributed by atoms with Crippen LogP contribution in [0.1, 0.15) is 47.9 Å². The Morgan fingerprint density at radius 2 is 1.85 bits per heavy atom. The topological polar surface area (TPSA) is 129 Å². The van der Waals surface area contributed by atoms with Crippen molar-refractivity contribution in [2.75, 3.05) is 23.3 Å². The number of nitrogens with zero attached hydrogens (tertiary/aromatic N) is 2. The van der Waals surface area contributed by atoms with Gasteiger partial charge in [-0.25, -0.2) is 4.98 Å². The highest BCUT2D eigenvalue weighted by atomic mass is 16.2. The molecule has 0 bridgehead atoms. The van der Waals surface area contributed by atoms with Gasteiger partial charge < -0.3 is 26.6 Å². The zero-order valence-corrected chi connectivity index (χ0v) is 19.1. The summed E-state index contributed by atoms with van der Waals surface area (Å²) in [7, 11) is 0. The number of nitrogens with one attached hydrogen (secondary N) is 3. The molecule has 2 heterocycles. The van der Waals surface area contributed by atoms with E-state index in [1.165, 1.54) is 6.08 Å². The molecule has 1 aliphatic heterocycles. The Morgan fingerprint density at radius 3 is 2.45 bits per heavy atom. The van der Waals surface area contributed by atoms with E-state index in [0.29, 0.717) is 36.0 Å². The number of rotatable bonds is 7. The summed E-state index contributed by atoms with van der Waals surface area (Å²) in [6, 6.07) is 10.3. The second kappa shape index (κ2) is 9.72. The molecule has 0 radical (unpaired) electrons. The van der Waals surface area contributed by atoms with Crippen molar-refractivity contribution in [3.8, 4) is 0 Å². The Hall–Kier alpha value is -3.88. The quantitative estimate of drug-likeness (QED) is 0.479. The van der Waals surface area contributed by atoms with Crippen LogP contribution in [0.3, 0.4) is 0 Å². The SMILES string of the molecule is C=CC(=O)NC1CCN(c2ccc(C(N)=O)c(Nc3ccc(C(=O)NC(C)(C)C)cc3)n2)C1. The Kier molecular flexibility index (Phi) is 7.01. The van der Waals surface area contributed by atoms with Crippen LogP contribution in [0.4, 0.5) is 17.3 Å². The van der Waals surface area contributed by atoms with Crippen molar-refractivity contribution in [1.29, 1.82) is 0 Å². The van der Waals surface area contributed by atoms with Gasteiger partial charge in [-0.1, -0.05) is 6.58 Å². The smallest absolute Gasteiger partial charge is 0.252 e. The van der Waals surface area contributed by atoms with Crippen LogP contribution in [0, 0.1) is 0 Å². The van der Waals surface area contributed by atoms with E-state index < -0.39 is 5.91 Å². The zero-order chi connectivity index (χ0) is 24.2. The monoisotopic (exact) mass is 450 g/mol. The number of primary amides is 1. The molecule has 33 heavy (non-hydrogen) atoms. The largest absolute Gasteiger partial charge is 0.365 e. The second-order valence-electron chi connectivity index (χ2n) is 8.98. The summed E-state index contributed by atoms with van der Waals surface area (Å²) < 4.78 is 0. The summed E-state index contributed by atoms with van der Waals surface area (Å²) in [4.78, 5) is 42.5. The lowest BCUT2D eigenvalue weighted by atomic mass is 10.1. The highest BCUT2D eigenvalue weighted by Crippen LogP contribution is 2.25. The molecule has 9 nitrogen and oxygen atoms in total. The molecule has 1 atom stereocenters. The Labute approximate surface area is 193 Å². The Morgan fingerprint density at radius 1 is 1.15 bits per heavy atom. The van der Waals surface area contributed by atoms with E-state index in [9.17, 15) is 14.4 Å². The fourth-order valence-corrected chi connectivity index (χ4v) is 3.52. The van der Waals surface area contributed by atoms with Gasteiger partial charge in [-0.2, -0.15) is 0 Å². The van der Waals surface area contributed by atoms with Gasteiger partial charge in [0.2, 0.25) is 5.91 Å². The summed E-state index contributed by atoms with van der Waals surface area (Å²) >= 11 is 0. The predicted molar refractivity (Wildman–Crippen MR) is 129 cm³/mol. The lowest BCUT2D eigenvalue weighted by molar-refractivity contribution is -0.117. The highest BCUT2D eigenvalue weighted by Gasteiger charge is 2.25. The van der Waals surface area contributed by atoms with E-state index in [2.05, 4.69) is 27.5 Å². The minimum Gasteiger partial charge on any atom is -0.365 e. The molecule has 1 aliphatic rings. The predicted octanol–water partition coefficient (Wildman–Crippen LogP) is 2.33. The first-order valence-corrected chi connectivity index (χ1v) is 10.7. The number of anilines is 3. The normalized spacial score (nSPS) is 15.6. The van der Waals surface area contributed by atoms with Crippen molar-refractivity contribution in [3.63, 3.8) is 0 Å². The summed E-state index contributed by atoms with van der Waals surface area (Å²) in [5.74, 6) is 0.0137. The number of benzene rings is 1. The van der Waals surface area contributed by atoms with Gasteiger partial charge in [-0.3, -0.25) is 14.4 Å². The van der Waals surface area contributed by atoms with E-state index in [0.717, 1.165) is 6.42 Å². The molecule has 1 aromatic heterocycles. The summed E-state index contributed by atoms with van der Waals surface area (Å²) in [5, 5.41) is 8.94. The number of amides is 3. The van der Waals surface area contributed by atoms with E-state index in [1.807, 2.05) is 25.7 Å². The number of hydrogen-bond acceptors (Lipinski definition) is 6. The van der Waals surface area contributed by atoms with Gasteiger partial charge in [0.15, 0.2) is 0 Å². The van der Waals surface area contributed by atoms with Crippen molar-refractivity contribution in [1.82, 2.24) is 15.6 Å². The molecule has 1 aromatic carbocycles.